The lowest BCUT2D eigenvalue weighted by molar-refractivity contribution is -0.718. The van der Waals surface area contributed by atoms with Crippen molar-refractivity contribution >= 4 is 0 Å². The summed E-state index contributed by atoms with van der Waals surface area (Å²) < 4.78 is 25.9. The molecule has 4 heteroatoms. The van der Waals surface area contributed by atoms with Crippen LogP contribution in [0.4, 0.5) is 8.78 Å². The topological polar surface area (TPSA) is 8.81 Å². The van der Waals surface area contributed by atoms with E-state index in [0.29, 0.717) is 0 Å². The number of aromatic nitrogens is 2. The van der Waals surface area contributed by atoms with Gasteiger partial charge in [-0.3, -0.25) is 0 Å². The Hall–Kier alpha value is -0.930. The van der Waals surface area contributed by atoms with Crippen LogP contribution in [0, 0.1) is 0 Å². The van der Waals surface area contributed by atoms with E-state index in [-0.39, 0.29) is 0 Å². The largest absolute Gasteiger partial charge is 0.248 e. The third-order valence-electron chi connectivity index (χ3n) is 1.02. The molecule has 50 valence electrons. The predicted octanol–water partition coefficient (Wildman–Crippen LogP) is 0.630. The van der Waals surface area contributed by atoms with Gasteiger partial charge in [-0.05, 0) is 0 Å². The van der Waals surface area contributed by atoms with E-state index in [9.17, 15) is 8.78 Å². The van der Waals surface area contributed by atoms with Gasteiger partial charge in [-0.15, -0.1) is 0 Å². The first-order valence-electron chi connectivity index (χ1n) is 2.53. The average molecular weight is 133 g/mol. The number of imidazole rings is 1. The lowest BCUT2D eigenvalue weighted by Crippen LogP contribution is -2.28. The summed E-state index contributed by atoms with van der Waals surface area (Å²) in [5, 5.41) is 0. The number of rotatable bonds is 2. The van der Waals surface area contributed by atoms with Crippen LogP contribution in [0.5, 0.6) is 0 Å². The van der Waals surface area contributed by atoms with Crippen LogP contribution in [0.2, 0.25) is 0 Å². The maximum atomic E-state index is 11.7. The SMILES string of the molecule is FCn1cc[n+](CF)c1. The molecule has 0 aliphatic carbocycles. The zero-order valence-corrected chi connectivity index (χ0v) is 4.80. The molecule has 0 saturated heterocycles. The number of hydrogen-bond donors (Lipinski definition) is 0. The van der Waals surface area contributed by atoms with Gasteiger partial charge in [0.05, 0.1) is 0 Å². The Kier molecular flexibility index (Phi) is 1.77. The van der Waals surface area contributed by atoms with E-state index in [0.717, 1.165) is 0 Å². The summed E-state index contributed by atoms with van der Waals surface area (Å²) in [7, 11) is 0. The second-order valence-electron chi connectivity index (χ2n) is 1.68. The fraction of sp³-hybridized carbons (Fsp3) is 0.400. The minimum absolute atomic E-state index is 0.604. The van der Waals surface area contributed by atoms with Crippen molar-refractivity contribution in [1.29, 1.82) is 0 Å². The molecular weight excluding hydrogens is 126 g/mol. The maximum Gasteiger partial charge on any atom is 0.248 e. The average Bonchev–Trinajstić information content (AvgIpc) is 2.34. The van der Waals surface area contributed by atoms with Gasteiger partial charge in [0.25, 0.3) is 0 Å². The molecule has 1 heterocycles. The van der Waals surface area contributed by atoms with Gasteiger partial charge in [-0.1, -0.05) is 0 Å². The van der Waals surface area contributed by atoms with Crippen molar-refractivity contribution in [3.8, 4) is 0 Å². The molecule has 0 unspecified atom stereocenters. The molecule has 1 aromatic heterocycles. The van der Waals surface area contributed by atoms with Crippen LogP contribution in [0.15, 0.2) is 18.7 Å². The molecule has 1 aromatic rings. The van der Waals surface area contributed by atoms with E-state index in [1.807, 2.05) is 0 Å². The van der Waals surface area contributed by atoms with Crippen LogP contribution in [-0.2, 0) is 13.6 Å². The minimum atomic E-state index is -0.604. The van der Waals surface area contributed by atoms with Gasteiger partial charge >= 0.3 is 0 Å². The number of nitrogens with zero attached hydrogens (tertiary/aromatic N) is 2. The summed E-state index contributed by atoms with van der Waals surface area (Å²) in [6.07, 6.45) is 4.30. The van der Waals surface area contributed by atoms with Gasteiger partial charge in [0.1, 0.15) is 12.4 Å². The molecule has 9 heavy (non-hydrogen) atoms. The summed E-state index contributed by atoms with van der Waals surface area (Å²) in [6.45, 7) is -1.21. The molecule has 0 aromatic carbocycles. The van der Waals surface area contributed by atoms with Gasteiger partial charge in [0.2, 0.25) is 19.9 Å². The van der Waals surface area contributed by atoms with Crippen molar-refractivity contribution in [2.24, 2.45) is 0 Å². The Balaban J connectivity index is 2.74. The number of alkyl halides is 2. The highest BCUT2D eigenvalue weighted by Gasteiger charge is 1.99. The molecule has 1 rings (SSSR count). The normalized spacial score (nSPS) is 10.0. The van der Waals surface area contributed by atoms with Crippen molar-refractivity contribution in [1.82, 2.24) is 4.57 Å². The summed E-state index contributed by atoms with van der Waals surface area (Å²) in [6, 6.07) is 0. The second kappa shape index (κ2) is 2.57. The summed E-state index contributed by atoms with van der Waals surface area (Å²) in [5.41, 5.74) is 0. The Morgan fingerprint density at radius 3 is 2.56 bits per heavy atom. The number of halogens is 2. The Labute approximate surface area is 51.3 Å². The molecule has 0 fully saturated rings. The third-order valence-corrected chi connectivity index (χ3v) is 1.02. The van der Waals surface area contributed by atoms with Gasteiger partial charge in [-0.25, -0.2) is 17.9 Å². The van der Waals surface area contributed by atoms with E-state index < -0.39 is 13.6 Å². The van der Waals surface area contributed by atoms with Gasteiger partial charge in [0, 0.05) is 0 Å². The molecule has 0 aliphatic rings. The Bertz CT molecular complexity index is 166. The van der Waals surface area contributed by atoms with Crippen LogP contribution < -0.4 is 4.57 Å². The summed E-state index contributed by atoms with van der Waals surface area (Å²) in [5.74, 6) is 0. The zero-order valence-electron chi connectivity index (χ0n) is 4.80. The monoisotopic (exact) mass is 133 g/mol. The lowest BCUT2D eigenvalue weighted by Gasteiger charge is -1.81. The van der Waals surface area contributed by atoms with E-state index in [1.165, 1.54) is 27.9 Å². The smallest absolute Gasteiger partial charge is 0.208 e. The first kappa shape index (κ1) is 6.19. The van der Waals surface area contributed by atoms with Gasteiger partial charge in [0.15, 0.2) is 0 Å². The summed E-state index contributed by atoms with van der Waals surface area (Å²) >= 11 is 0. The van der Waals surface area contributed by atoms with E-state index in [1.54, 1.807) is 0 Å². The Morgan fingerprint density at radius 2 is 2.22 bits per heavy atom. The standard InChI is InChI=1S/C5H7F2N2/c6-3-8-1-2-9(4-7)5-8/h1-2,5H,3-4H2/q+1. The molecule has 0 spiro atoms. The zero-order chi connectivity index (χ0) is 6.69. The first-order valence-corrected chi connectivity index (χ1v) is 2.53. The van der Waals surface area contributed by atoms with Crippen LogP contribution in [-0.4, -0.2) is 4.57 Å². The lowest BCUT2D eigenvalue weighted by atomic mass is 10.9. The van der Waals surface area contributed by atoms with Crippen molar-refractivity contribution < 1.29 is 13.3 Å². The van der Waals surface area contributed by atoms with Gasteiger partial charge in [-0.2, -0.15) is 0 Å². The van der Waals surface area contributed by atoms with Crippen LogP contribution in [0.25, 0.3) is 0 Å². The van der Waals surface area contributed by atoms with Crippen LogP contribution in [0.1, 0.15) is 0 Å². The van der Waals surface area contributed by atoms with Gasteiger partial charge < -0.3 is 0 Å². The van der Waals surface area contributed by atoms with E-state index in [4.69, 9.17) is 0 Å². The first-order chi connectivity index (χ1) is 4.36. The van der Waals surface area contributed by atoms with E-state index >= 15 is 0 Å². The molecular formula is C5H7F2N2+. The third kappa shape index (κ3) is 1.25. The predicted molar refractivity (Wildman–Crippen MR) is 26.8 cm³/mol. The molecule has 0 saturated carbocycles. The van der Waals surface area contributed by atoms with Crippen LogP contribution in [0.3, 0.4) is 0 Å². The highest BCUT2D eigenvalue weighted by atomic mass is 19.1. The summed E-state index contributed by atoms with van der Waals surface area (Å²) in [4.78, 5) is 0. The molecule has 0 aliphatic heterocycles. The minimum Gasteiger partial charge on any atom is -0.208 e. The highest BCUT2D eigenvalue weighted by Crippen LogP contribution is 1.83. The highest BCUT2D eigenvalue weighted by molar-refractivity contribution is 4.62. The second-order valence-corrected chi connectivity index (χ2v) is 1.68. The van der Waals surface area contributed by atoms with Crippen LogP contribution >= 0.6 is 0 Å². The fourth-order valence-electron chi connectivity index (χ4n) is 0.580. The Morgan fingerprint density at radius 1 is 1.44 bits per heavy atom. The van der Waals surface area contributed by atoms with E-state index in [2.05, 4.69) is 0 Å². The van der Waals surface area contributed by atoms with Crippen molar-refractivity contribution in [2.75, 3.05) is 0 Å². The van der Waals surface area contributed by atoms with Crippen molar-refractivity contribution in [3.05, 3.63) is 18.7 Å². The quantitative estimate of drug-likeness (QED) is 0.523. The maximum absolute atomic E-state index is 11.7. The fourth-order valence-corrected chi connectivity index (χ4v) is 0.580. The molecule has 0 atom stereocenters. The molecule has 0 radical (unpaired) electrons. The number of hydrogen-bond acceptors (Lipinski definition) is 0. The van der Waals surface area contributed by atoms with Crippen molar-refractivity contribution in [2.45, 2.75) is 13.6 Å². The van der Waals surface area contributed by atoms with Crippen molar-refractivity contribution in [3.63, 3.8) is 0 Å². The molecule has 2 nitrogen and oxygen atoms in total. The molecule has 0 bridgehead atoms. The molecule has 0 N–H and O–H groups in total. The molecule has 0 amide bonds.